The fourth-order valence-electron chi connectivity index (χ4n) is 1.87. The first-order chi connectivity index (χ1) is 9.99. The zero-order valence-electron chi connectivity index (χ0n) is 11.3. The van der Waals surface area contributed by atoms with Crippen LogP contribution in [0.2, 0.25) is 5.02 Å². The van der Waals surface area contributed by atoms with Gasteiger partial charge in [-0.15, -0.1) is 0 Å². The Morgan fingerprint density at radius 2 is 1.81 bits per heavy atom. The topological polar surface area (TPSA) is 69.4 Å². The fourth-order valence-corrected chi connectivity index (χ4v) is 3.46. The van der Waals surface area contributed by atoms with E-state index in [0.717, 1.165) is 5.75 Å². The third-order valence-electron chi connectivity index (χ3n) is 2.88. The molecule has 4 nitrogen and oxygen atoms in total. The van der Waals surface area contributed by atoms with Crippen LogP contribution in [0.25, 0.3) is 0 Å². The third kappa shape index (κ3) is 4.37. The van der Waals surface area contributed by atoms with Crippen LogP contribution in [0.1, 0.15) is 6.42 Å². The first-order valence-electron chi connectivity index (χ1n) is 6.45. The molecule has 2 aromatic carbocycles. The molecule has 0 atom stereocenters. The van der Waals surface area contributed by atoms with Gasteiger partial charge in [0.2, 0.25) is 0 Å². The van der Waals surface area contributed by atoms with E-state index in [1.807, 2.05) is 30.3 Å². The van der Waals surface area contributed by atoms with Crippen molar-refractivity contribution in [3.63, 3.8) is 0 Å². The molecule has 0 radical (unpaired) electrons. The summed E-state index contributed by atoms with van der Waals surface area (Å²) in [5.41, 5.74) is 5.88. The summed E-state index contributed by atoms with van der Waals surface area (Å²) < 4.78 is 29.9. The molecule has 0 bridgehead atoms. The predicted molar refractivity (Wildman–Crippen MR) is 84.5 cm³/mol. The minimum Gasteiger partial charge on any atom is -0.494 e. The lowest BCUT2D eigenvalue weighted by atomic mass is 10.3. The number of sulfone groups is 1. The Morgan fingerprint density at radius 1 is 1.10 bits per heavy atom. The van der Waals surface area contributed by atoms with Gasteiger partial charge in [-0.2, -0.15) is 0 Å². The van der Waals surface area contributed by atoms with E-state index in [1.54, 1.807) is 0 Å². The van der Waals surface area contributed by atoms with Crippen molar-refractivity contribution in [1.82, 2.24) is 0 Å². The Balaban J connectivity index is 1.92. The van der Waals surface area contributed by atoms with Gasteiger partial charge in [0.1, 0.15) is 5.75 Å². The fraction of sp³-hybridized carbons (Fsp3) is 0.200. The van der Waals surface area contributed by atoms with Gasteiger partial charge in [-0.3, -0.25) is 0 Å². The van der Waals surface area contributed by atoms with Crippen LogP contribution in [0.3, 0.4) is 0 Å². The monoisotopic (exact) mass is 325 g/mol. The van der Waals surface area contributed by atoms with Gasteiger partial charge in [0.15, 0.2) is 9.84 Å². The number of para-hydroxylation sites is 1. The SMILES string of the molecule is Nc1cc(Cl)ccc1S(=O)(=O)CCCOc1ccccc1. The first-order valence-corrected chi connectivity index (χ1v) is 8.48. The molecule has 2 rings (SSSR count). The van der Waals surface area contributed by atoms with Crippen molar-refractivity contribution < 1.29 is 13.2 Å². The predicted octanol–water partition coefficient (Wildman–Crippen LogP) is 3.17. The van der Waals surface area contributed by atoms with Gasteiger partial charge in [-0.1, -0.05) is 29.8 Å². The molecule has 2 aromatic rings. The molecule has 0 unspecified atom stereocenters. The van der Waals surface area contributed by atoms with Crippen LogP contribution in [0, 0.1) is 0 Å². The van der Waals surface area contributed by atoms with Gasteiger partial charge < -0.3 is 10.5 Å². The maximum Gasteiger partial charge on any atom is 0.180 e. The standard InChI is InChI=1S/C15H16ClNO3S/c16-12-7-8-15(14(17)11-12)21(18,19)10-4-9-20-13-5-2-1-3-6-13/h1-3,5-8,11H,4,9-10,17H2. The first kappa shape index (κ1) is 15.7. The highest BCUT2D eigenvalue weighted by Crippen LogP contribution is 2.23. The lowest BCUT2D eigenvalue weighted by molar-refractivity contribution is 0.317. The molecular weight excluding hydrogens is 310 g/mol. The summed E-state index contributed by atoms with van der Waals surface area (Å²) in [6.45, 7) is 0.330. The molecule has 21 heavy (non-hydrogen) atoms. The molecule has 0 saturated carbocycles. The average molecular weight is 326 g/mol. The van der Waals surface area contributed by atoms with Crippen molar-refractivity contribution in [1.29, 1.82) is 0 Å². The number of nitrogen functional groups attached to an aromatic ring is 1. The molecule has 6 heteroatoms. The molecule has 0 spiro atoms. The number of halogens is 1. The molecule has 112 valence electrons. The van der Waals surface area contributed by atoms with Gasteiger partial charge in [0, 0.05) is 5.02 Å². The molecule has 0 heterocycles. The quantitative estimate of drug-likeness (QED) is 0.654. The smallest absolute Gasteiger partial charge is 0.180 e. The lowest BCUT2D eigenvalue weighted by Gasteiger charge is -2.09. The number of rotatable bonds is 6. The number of hydrogen-bond donors (Lipinski definition) is 1. The Kier molecular flexibility index (Phi) is 5.09. The summed E-state index contributed by atoms with van der Waals surface area (Å²) in [6.07, 6.45) is 0.388. The van der Waals surface area contributed by atoms with Crippen molar-refractivity contribution in [2.75, 3.05) is 18.1 Å². The molecule has 2 N–H and O–H groups in total. The molecule has 0 amide bonds. The molecule has 0 aliphatic rings. The van der Waals surface area contributed by atoms with E-state index in [9.17, 15) is 8.42 Å². The Labute approximate surface area is 129 Å². The third-order valence-corrected chi connectivity index (χ3v) is 4.98. The maximum atomic E-state index is 12.2. The van der Waals surface area contributed by atoms with E-state index < -0.39 is 9.84 Å². The van der Waals surface area contributed by atoms with Crippen LogP contribution >= 0.6 is 11.6 Å². The zero-order valence-corrected chi connectivity index (χ0v) is 12.9. The molecule has 0 aliphatic carbocycles. The van der Waals surface area contributed by atoms with Gasteiger partial charge in [0.05, 0.1) is 22.9 Å². The second kappa shape index (κ2) is 6.83. The summed E-state index contributed by atoms with van der Waals surface area (Å²) in [7, 11) is -3.43. The van der Waals surface area contributed by atoms with Crippen LogP contribution in [-0.2, 0) is 9.84 Å². The van der Waals surface area contributed by atoms with E-state index >= 15 is 0 Å². The molecule has 0 fully saturated rings. The minimum absolute atomic E-state index is 0.0222. The van der Waals surface area contributed by atoms with E-state index in [4.69, 9.17) is 22.1 Å². The van der Waals surface area contributed by atoms with E-state index in [1.165, 1.54) is 18.2 Å². The lowest BCUT2D eigenvalue weighted by Crippen LogP contribution is -2.12. The highest BCUT2D eigenvalue weighted by atomic mass is 35.5. The Morgan fingerprint density at radius 3 is 2.48 bits per heavy atom. The summed E-state index contributed by atoms with van der Waals surface area (Å²) in [4.78, 5) is 0.117. The van der Waals surface area contributed by atoms with Crippen LogP contribution < -0.4 is 10.5 Å². The van der Waals surface area contributed by atoms with Crippen LogP contribution in [0.15, 0.2) is 53.4 Å². The molecule has 0 aliphatic heterocycles. The Bertz CT molecular complexity index is 702. The Hall–Kier alpha value is -1.72. The van der Waals surface area contributed by atoms with E-state index in [-0.39, 0.29) is 16.3 Å². The van der Waals surface area contributed by atoms with E-state index in [2.05, 4.69) is 0 Å². The summed E-state index contributed by atoms with van der Waals surface area (Å²) in [5, 5.41) is 0.416. The largest absolute Gasteiger partial charge is 0.494 e. The van der Waals surface area contributed by atoms with Crippen molar-refractivity contribution in [2.24, 2.45) is 0 Å². The maximum absolute atomic E-state index is 12.2. The van der Waals surface area contributed by atoms with Crippen LogP contribution in [0.4, 0.5) is 5.69 Å². The molecule has 0 saturated heterocycles. The number of benzene rings is 2. The summed E-state index contributed by atoms with van der Waals surface area (Å²) >= 11 is 5.77. The normalized spacial score (nSPS) is 11.3. The highest BCUT2D eigenvalue weighted by molar-refractivity contribution is 7.91. The highest BCUT2D eigenvalue weighted by Gasteiger charge is 2.17. The molecular formula is C15H16ClNO3S. The van der Waals surface area contributed by atoms with Gasteiger partial charge in [-0.25, -0.2) is 8.42 Å². The summed E-state index contributed by atoms with van der Waals surface area (Å²) in [6, 6.07) is 13.7. The zero-order chi connectivity index (χ0) is 15.3. The van der Waals surface area contributed by atoms with Gasteiger partial charge in [-0.05, 0) is 36.8 Å². The van der Waals surface area contributed by atoms with Crippen LogP contribution in [-0.4, -0.2) is 20.8 Å². The van der Waals surface area contributed by atoms with Crippen molar-refractivity contribution >= 4 is 27.1 Å². The number of anilines is 1. The number of nitrogens with two attached hydrogens (primary N) is 1. The molecule has 0 aromatic heterocycles. The number of hydrogen-bond acceptors (Lipinski definition) is 4. The van der Waals surface area contributed by atoms with Crippen LogP contribution in [0.5, 0.6) is 5.75 Å². The van der Waals surface area contributed by atoms with Gasteiger partial charge >= 0.3 is 0 Å². The van der Waals surface area contributed by atoms with Crippen molar-refractivity contribution in [3.8, 4) is 5.75 Å². The second-order valence-corrected chi connectivity index (χ2v) is 7.03. The minimum atomic E-state index is -3.43. The van der Waals surface area contributed by atoms with Crippen molar-refractivity contribution in [2.45, 2.75) is 11.3 Å². The number of ether oxygens (including phenoxy) is 1. The van der Waals surface area contributed by atoms with E-state index in [0.29, 0.717) is 18.1 Å². The average Bonchev–Trinajstić information content (AvgIpc) is 2.44. The summed E-state index contributed by atoms with van der Waals surface area (Å²) in [5.74, 6) is 0.701. The van der Waals surface area contributed by atoms with Crippen molar-refractivity contribution in [3.05, 3.63) is 53.6 Å². The van der Waals surface area contributed by atoms with Gasteiger partial charge in [0.25, 0.3) is 0 Å². The second-order valence-electron chi connectivity index (χ2n) is 4.52.